The zero-order chi connectivity index (χ0) is 12.3. The van der Waals surface area contributed by atoms with Gasteiger partial charge in [-0.15, -0.1) is 0 Å². The molecule has 0 aromatic carbocycles. The predicted octanol–water partition coefficient (Wildman–Crippen LogP) is 1.40. The number of nitrogens with one attached hydrogen (secondary N) is 2. The largest absolute Gasteiger partial charge is 0.378 e. The van der Waals surface area contributed by atoms with Crippen molar-refractivity contribution >= 4 is 5.91 Å². The molecule has 3 atom stereocenters. The van der Waals surface area contributed by atoms with Crippen molar-refractivity contribution in [2.75, 3.05) is 6.61 Å². The Morgan fingerprint density at radius 2 is 2.59 bits per heavy atom. The fourth-order valence-electron chi connectivity index (χ4n) is 2.12. The second-order valence-corrected chi connectivity index (χ2v) is 4.52. The third-order valence-corrected chi connectivity index (χ3v) is 3.14. The van der Waals surface area contributed by atoms with E-state index in [9.17, 15) is 4.79 Å². The molecule has 0 radical (unpaired) electrons. The number of imidazole rings is 1. The summed E-state index contributed by atoms with van der Waals surface area (Å²) in [7, 11) is 0. The Balaban J connectivity index is 1.93. The minimum absolute atomic E-state index is 0.0194. The molecule has 1 saturated heterocycles. The molecule has 5 nitrogen and oxygen atoms in total. The Morgan fingerprint density at radius 3 is 3.12 bits per heavy atom. The molecule has 94 valence electrons. The van der Waals surface area contributed by atoms with Crippen LogP contribution in [0.4, 0.5) is 0 Å². The normalized spacial score (nSPS) is 25.8. The summed E-state index contributed by atoms with van der Waals surface area (Å²) in [5.41, 5.74) is 0. The first-order chi connectivity index (χ1) is 8.20. The van der Waals surface area contributed by atoms with Gasteiger partial charge in [-0.05, 0) is 19.8 Å². The van der Waals surface area contributed by atoms with Crippen LogP contribution in [-0.4, -0.2) is 28.6 Å². The monoisotopic (exact) mass is 237 g/mol. The van der Waals surface area contributed by atoms with Crippen molar-refractivity contribution < 1.29 is 9.53 Å². The summed E-state index contributed by atoms with van der Waals surface area (Å²) >= 11 is 0. The minimum atomic E-state index is -0.0339. The average Bonchev–Trinajstić information content (AvgIpc) is 2.96. The van der Waals surface area contributed by atoms with Gasteiger partial charge >= 0.3 is 0 Å². The van der Waals surface area contributed by atoms with E-state index in [0.717, 1.165) is 18.7 Å². The second kappa shape index (κ2) is 5.31. The molecule has 5 heteroatoms. The first-order valence-electron chi connectivity index (χ1n) is 6.12. The lowest BCUT2D eigenvalue weighted by molar-refractivity contribution is -0.125. The van der Waals surface area contributed by atoms with Crippen LogP contribution in [0.5, 0.6) is 0 Å². The second-order valence-electron chi connectivity index (χ2n) is 4.52. The molecule has 1 aromatic rings. The number of aromatic nitrogens is 2. The van der Waals surface area contributed by atoms with E-state index >= 15 is 0 Å². The maximum Gasteiger partial charge on any atom is 0.226 e. The zero-order valence-electron chi connectivity index (χ0n) is 10.3. The van der Waals surface area contributed by atoms with Gasteiger partial charge < -0.3 is 15.0 Å². The van der Waals surface area contributed by atoms with Crippen LogP contribution in [0.3, 0.4) is 0 Å². The van der Waals surface area contributed by atoms with Crippen LogP contribution >= 0.6 is 0 Å². The summed E-state index contributed by atoms with van der Waals surface area (Å²) in [6, 6.07) is -0.0339. The molecule has 1 aromatic heterocycles. The van der Waals surface area contributed by atoms with Gasteiger partial charge in [-0.1, -0.05) is 6.92 Å². The lowest BCUT2D eigenvalue weighted by Gasteiger charge is -2.17. The van der Waals surface area contributed by atoms with Crippen LogP contribution in [0.25, 0.3) is 0 Å². The van der Waals surface area contributed by atoms with Gasteiger partial charge in [0.1, 0.15) is 5.82 Å². The Morgan fingerprint density at radius 1 is 1.76 bits per heavy atom. The minimum Gasteiger partial charge on any atom is -0.378 e. The lowest BCUT2D eigenvalue weighted by atomic mass is 10.0. The Labute approximate surface area is 101 Å². The number of hydrogen-bond donors (Lipinski definition) is 2. The van der Waals surface area contributed by atoms with Gasteiger partial charge in [-0.3, -0.25) is 4.79 Å². The molecule has 0 bridgehead atoms. The topological polar surface area (TPSA) is 67.0 Å². The van der Waals surface area contributed by atoms with E-state index in [4.69, 9.17) is 4.74 Å². The molecule has 1 aliphatic rings. The molecule has 2 rings (SSSR count). The fourth-order valence-corrected chi connectivity index (χ4v) is 2.12. The highest BCUT2D eigenvalue weighted by atomic mass is 16.5. The number of carbonyl (C=O) groups excluding carboxylic acids is 1. The maximum atomic E-state index is 12.0. The highest BCUT2D eigenvalue weighted by Gasteiger charge is 2.29. The number of ether oxygens (including phenoxy) is 1. The third kappa shape index (κ3) is 2.85. The van der Waals surface area contributed by atoms with Gasteiger partial charge in [0.15, 0.2) is 0 Å². The van der Waals surface area contributed by atoms with E-state index in [1.54, 1.807) is 12.4 Å². The van der Waals surface area contributed by atoms with E-state index in [0.29, 0.717) is 6.61 Å². The number of H-pyrrole nitrogens is 1. The SMILES string of the molecule is CCC(NC(=O)C1COC(C)C1)c1ncc[nH]1. The number of carbonyl (C=O) groups is 1. The number of amides is 1. The van der Waals surface area contributed by atoms with Crippen molar-refractivity contribution in [2.24, 2.45) is 5.92 Å². The fraction of sp³-hybridized carbons (Fsp3) is 0.667. The molecule has 2 N–H and O–H groups in total. The first-order valence-corrected chi connectivity index (χ1v) is 6.12. The summed E-state index contributed by atoms with van der Waals surface area (Å²) in [5.74, 6) is 0.861. The quantitative estimate of drug-likeness (QED) is 0.831. The van der Waals surface area contributed by atoms with E-state index in [1.807, 2.05) is 13.8 Å². The lowest BCUT2D eigenvalue weighted by Crippen LogP contribution is -2.34. The molecular formula is C12H19N3O2. The highest BCUT2D eigenvalue weighted by molar-refractivity contribution is 5.79. The van der Waals surface area contributed by atoms with E-state index in [-0.39, 0.29) is 24.0 Å². The molecule has 3 unspecified atom stereocenters. The highest BCUT2D eigenvalue weighted by Crippen LogP contribution is 2.21. The van der Waals surface area contributed by atoms with Crippen LogP contribution in [0.1, 0.15) is 38.6 Å². The molecule has 1 amide bonds. The molecule has 1 aliphatic heterocycles. The van der Waals surface area contributed by atoms with Crippen LogP contribution in [-0.2, 0) is 9.53 Å². The molecule has 17 heavy (non-hydrogen) atoms. The van der Waals surface area contributed by atoms with Crippen molar-refractivity contribution in [3.63, 3.8) is 0 Å². The molecule has 0 saturated carbocycles. The van der Waals surface area contributed by atoms with Gasteiger partial charge in [0.05, 0.1) is 24.7 Å². The van der Waals surface area contributed by atoms with Gasteiger partial charge in [0.25, 0.3) is 0 Å². The Kier molecular flexibility index (Phi) is 3.78. The van der Waals surface area contributed by atoms with Crippen molar-refractivity contribution in [1.29, 1.82) is 0 Å². The van der Waals surface area contributed by atoms with Gasteiger partial charge in [-0.25, -0.2) is 4.98 Å². The summed E-state index contributed by atoms with van der Waals surface area (Å²) < 4.78 is 5.41. The summed E-state index contributed by atoms with van der Waals surface area (Å²) in [6.07, 6.45) is 5.29. The molecular weight excluding hydrogens is 218 g/mol. The van der Waals surface area contributed by atoms with Crippen LogP contribution in [0.15, 0.2) is 12.4 Å². The Hall–Kier alpha value is -1.36. The maximum absolute atomic E-state index is 12.0. The van der Waals surface area contributed by atoms with E-state index in [1.165, 1.54) is 0 Å². The van der Waals surface area contributed by atoms with E-state index in [2.05, 4.69) is 15.3 Å². The summed E-state index contributed by atoms with van der Waals surface area (Å²) in [5, 5.41) is 3.02. The number of rotatable bonds is 4. The standard InChI is InChI=1S/C12H19N3O2/c1-3-10(11-13-4-5-14-11)15-12(16)9-6-8(2)17-7-9/h4-5,8-10H,3,6-7H2,1-2H3,(H,13,14)(H,15,16). The van der Waals surface area contributed by atoms with Crippen LogP contribution < -0.4 is 5.32 Å². The van der Waals surface area contributed by atoms with Crippen molar-refractivity contribution in [2.45, 2.75) is 38.8 Å². The summed E-state index contributed by atoms with van der Waals surface area (Å²) in [6.45, 7) is 4.56. The number of nitrogens with zero attached hydrogens (tertiary/aromatic N) is 1. The van der Waals surface area contributed by atoms with Crippen molar-refractivity contribution in [3.05, 3.63) is 18.2 Å². The summed E-state index contributed by atoms with van der Waals surface area (Å²) in [4.78, 5) is 19.2. The molecule has 2 heterocycles. The van der Waals surface area contributed by atoms with Crippen molar-refractivity contribution in [3.8, 4) is 0 Å². The number of hydrogen-bond acceptors (Lipinski definition) is 3. The predicted molar refractivity (Wildman–Crippen MR) is 63.3 cm³/mol. The van der Waals surface area contributed by atoms with Crippen LogP contribution in [0, 0.1) is 5.92 Å². The molecule has 0 aliphatic carbocycles. The number of aromatic amines is 1. The Bertz CT molecular complexity index is 364. The molecule has 1 fully saturated rings. The van der Waals surface area contributed by atoms with E-state index < -0.39 is 0 Å². The van der Waals surface area contributed by atoms with Gasteiger partial charge in [0, 0.05) is 12.4 Å². The van der Waals surface area contributed by atoms with Crippen molar-refractivity contribution in [1.82, 2.24) is 15.3 Å². The average molecular weight is 237 g/mol. The zero-order valence-corrected chi connectivity index (χ0v) is 10.3. The molecule has 0 spiro atoms. The first kappa shape index (κ1) is 12.1. The van der Waals surface area contributed by atoms with Gasteiger partial charge in [0.2, 0.25) is 5.91 Å². The third-order valence-electron chi connectivity index (χ3n) is 3.14. The van der Waals surface area contributed by atoms with Crippen LogP contribution in [0.2, 0.25) is 0 Å². The van der Waals surface area contributed by atoms with Gasteiger partial charge in [-0.2, -0.15) is 0 Å². The smallest absolute Gasteiger partial charge is 0.226 e.